The zero-order chi connectivity index (χ0) is 18.9. The van der Waals surface area contributed by atoms with Gasteiger partial charge in [0, 0.05) is 6.54 Å². The van der Waals surface area contributed by atoms with Crippen LogP contribution in [0.4, 0.5) is 0 Å². The second kappa shape index (κ2) is 7.24. The highest BCUT2D eigenvalue weighted by Gasteiger charge is 2.32. The molecule has 140 valence electrons. The molecule has 1 amide bonds. The average Bonchev–Trinajstić information content (AvgIpc) is 3.38. The number of rotatable bonds is 4. The Morgan fingerprint density at radius 2 is 1.89 bits per heavy atom. The van der Waals surface area contributed by atoms with E-state index in [1.54, 1.807) is 11.3 Å². The standard InChI is InChI=1S/C23H20N2O2S/c26-22(15-27-18-12-11-16-6-1-2-7-17(16)14-18)25-13-5-9-20(25)23-24-19-8-3-4-10-21(19)28-23/h1-4,6-8,10-12,14,20H,5,9,13,15H2. The number of ether oxygens (including phenoxy) is 1. The van der Waals surface area contributed by atoms with Crippen molar-refractivity contribution in [1.82, 2.24) is 9.88 Å². The number of carbonyl (C=O) groups is 1. The van der Waals surface area contributed by atoms with Crippen LogP contribution in [0.15, 0.2) is 66.7 Å². The molecule has 0 radical (unpaired) electrons. The molecule has 4 aromatic rings. The van der Waals surface area contributed by atoms with Crippen LogP contribution in [0.3, 0.4) is 0 Å². The summed E-state index contributed by atoms with van der Waals surface area (Å²) in [6, 6.07) is 22.3. The second-order valence-electron chi connectivity index (χ2n) is 7.06. The highest BCUT2D eigenvalue weighted by Crippen LogP contribution is 2.36. The lowest BCUT2D eigenvalue weighted by Crippen LogP contribution is -2.34. The molecule has 5 heteroatoms. The predicted molar refractivity (Wildman–Crippen MR) is 113 cm³/mol. The first-order valence-corrected chi connectivity index (χ1v) is 10.4. The van der Waals surface area contributed by atoms with Crippen molar-refractivity contribution in [3.8, 4) is 5.75 Å². The lowest BCUT2D eigenvalue weighted by Gasteiger charge is -2.23. The summed E-state index contributed by atoms with van der Waals surface area (Å²) < 4.78 is 6.99. The molecular formula is C23H20N2O2S. The van der Waals surface area contributed by atoms with Gasteiger partial charge in [0.05, 0.1) is 16.3 Å². The molecule has 28 heavy (non-hydrogen) atoms. The Hall–Kier alpha value is -2.92. The fraction of sp³-hybridized carbons (Fsp3) is 0.217. The number of carbonyl (C=O) groups excluding carboxylic acids is 1. The van der Waals surface area contributed by atoms with E-state index >= 15 is 0 Å². The topological polar surface area (TPSA) is 42.4 Å². The first kappa shape index (κ1) is 17.2. The van der Waals surface area contributed by atoms with Crippen LogP contribution in [-0.2, 0) is 4.79 Å². The van der Waals surface area contributed by atoms with Gasteiger partial charge in [0.15, 0.2) is 6.61 Å². The number of fused-ring (bicyclic) bond motifs is 2. The third-order valence-corrected chi connectivity index (χ3v) is 6.39. The number of hydrogen-bond acceptors (Lipinski definition) is 4. The second-order valence-corrected chi connectivity index (χ2v) is 8.12. The Balaban J connectivity index is 1.30. The van der Waals surface area contributed by atoms with Crippen LogP contribution in [0.2, 0.25) is 0 Å². The maximum atomic E-state index is 12.9. The molecule has 1 aromatic heterocycles. The smallest absolute Gasteiger partial charge is 0.261 e. The summed E-state index contributed by atoms with van der Waals surface area (Å²) in [7, 11) is 0. The van der Waals surface area contributed by atoms with Gasteiger partial charge < -0.3 is 9.64 Å². The lowest BCUT2D eigenvalue weighted by molar-refractivity contribution is -0.134. The van der Waals surface area contributed by atoms with Crippen LogP contribution in [0.1, 0.15) is 23.9 Å². The van der Waals surface area contributed by atoms with E-state index in [-0.39, 0.29) is 18.6 Å². The van der Waals surface area contributed by atoms with E-state index in [9.17, 15) is 4.79 Å². The molecule has 1 unspecified atom stereocenters. The Labute approximate surface area is 167 Å². The van der Waals surface area contributed by atoms with E-state index in [1.165, 1.54) is 4.70 Å². The third-order valence-electron chi connectivity index (χ3n) is 5.25. The summed E-state index contributed by atoms with van der Waals surface area (Å²) in [4.78, 5) is 19.6. The zero-order valence-corrected chi connectivity index (χ0v) is 16.2. The van der Waals surface area contributed by atoms with Crippen LogP contribution < -0.4 is 4.74 Å². The Bertz CT molecular complexity index is 1120. The van der Waals surface area contributed by atoms with Crippen LogP contribution in [0, 0.1) is 0 Å². The van der Waals surface area contributed by atoms with Gasteiger partial charge in [-0.3, -0.25) is 4.79 Å². The Morgan fingerprint density at radius 1 is 1.07 bits per heavy atom. The van der Waals surface area contributed by atoms with Crippen molar-refractivity contribution >= 4 is 38.2 Å². The van der Waals surface area contributed by atoms with Crippen LogP contribution in [0.25, 0.3) is 21.0 Å². The summed E-state index contributed by atoms with van der Waals surface area (Å²) in [6.07, 6.45) is 1.96. The number of para-hydroxylation sites is 1. The van der Waals surface area contributed by atoms with E-state index in [2.05, 4.69) is 12.1 Å². The number of thiazole rings is 1. The van der Waals surface area contributed by atoms with Crippen LogP contribution in [-0.4, -0.2) is 28.9 Å². The molecule has 4 nitrogen and oxygen atoms in total. The van der Waals surface area contributed by atoms with E-state index in [0.29, 0.717) is 0 Å². The largest absolute Gasteiger partial charge is 0.484 e. The quantitative estimate of drug-likeness (QED) is 0.483. The molecule has 0 N–H and O–H groups in total. The molecule has 2 heterocycles. The Kier molecular flexibility index (Phi) is 4.45. The van der Waals surface area contributed by atoms with Gasteiger partial charge in [-0.1, -0.05) is 42.5 Å². The Morgan fingerprint density at radius 3 is 2.79 bits per heavy atom. The number of aromatic nitrogens is 1. The zero-order valence-electron chi connectivity index (χ0n) is 15.4. The number of amides is 1. The van der Waals surface area contributed by atoms with Gasteiger partial charge in [0.1, 0.15) is 10.8 Å². The molecule has 0 aliphatic carbocycles. The fourth-order valence-electron chi connectivity index (χ4n) is 3.84. The maximum absolute atomic E-state index is 12.9. The van der Waals surface area contributed by atoms with Gasteiger partial charge >= 0.3 is 0 Å². The highest BCUT2D eigenvalue weighted by molar-refractivity contribution is 7.18. The predicted octanol–water partition coefficient (Wildman–Crippen LogP) is 5.19. The number of benzene rings is 3. The lowest BCUT2D eigenvalue weighted by atomic mass is 10.1. The van der Waals surface area contributed by atoms with Crippen LogP contribution in [0.5, 0.6) is 5.75 Å². The van der Waals surface area contributed by atoms with E-state index in [4.69, 9.17) is 9.72 Å². The molecule has 1 fully saturated rings. The van der Waals surface area contributed by atoms with Gasteiger partial charge in [-0.05, 0) is 47.9 Å². The van der Waals surface area contributed by atoms with Gasteiger partial charge in [-0.2, -0.15) is 0 Å². The van der Waals surface area contributed by atoms with Crippen molar-refractivity contribution in [2.75, 3.05) is 13.2 Å². The minimum atomic E-state index is 0.0231. The first-order chi connectivity index (χ1) is 13.8. The molecule has 0 spiro atoms. The summed E-state index contributed by atoms with van der Waals surface area (Å²) in [5.41, 5.74) is 1.01. The van der Waals surface area contributed by atoms with Crippen molar-refractivity contribution in [3.63, 3.8) is 0 Å². The normalized spacial score (nSPS) is 16.7. The van der Waals surface area contributed by atoms with E-state index < -0.39 is 0 Å². The molecule has 1 atom stereocenters. The van der Waals surface area contributed by atoms with E-state index in [1.807, 2.05) is 59.5 Å². The third kappa shape index (κ3) is 3.22. The molecule has 1 saturated heterocycles. The number of nitrogens with zero attached hydrogens (tertiary/aromatic N) is 2. The van der Waals surface area contributed by atoms with Gasteiger partial charge in [-0.15, -0.1) is 11.3 Å². The molecule has 1 aliphatic rings. The van der Waals surface area contributed by atoms with Gasteiger partial charge in [0.2, 0.25) is 0 Å². The fourth-order valence-corrected chi connectivity index (χ4v) is 4.95. The summed E-state index contributed by atoms with van der Waals surface area (Å²) >= 11 is 1.69. The molecule has 1 aliphatic heterocycles. The SMILES string of the molecule is O=C(COc1ccc2ccccc2c1)N1CCCC1c1nc2ccccc2s1. The summed E-state index contributed by atoms with van der Waals surface area (Å²) in [5, 5.41) is 3.30. The van der Waals surface area contributed by atoms with Crippen molar-refractivity contribution in [2.45, 2.75) is 18.9 Å². The minimum absolute atomic E-state index is 0.0231. The molecule has 0 saturated carbocycles. The number of likely N-dealkylation sites (tertiary alicyclic amines) is 1. The average molecular weight is 388 g/mol. The monoisotopic (exact) mass is 388 g/mol. The van der Waals surface area contributed by atoms with Crippen molar-refractivity contribution < 1.29 is 9.53 Å². The molecular weight excluding hydrogens is 368 g/mol. The van der Waals surface area contributed by atoms with Crippen molar-refractivity contribution in [2.24, 2.45) is 0 Å². The summed E-state index contributed by atoms with van der Waals surface area (Å²) in [5.74, 6) is 0.748. The van der Waals surface area contributed by atoms with Crippen molar-refractivity contribution in [3.05, 3.63) is 71.7 Å². The minimum Gasteiger partial charge on any atom is -0.484 e. The van der Waals surface area contributed by atoms with Crippen LogP contribution >= 0.6 is 11.3 Å². The highest BCUT2D eigenvalue weighted by atomic mass is 32.1. The molecule has 5 rings (SSSR count). The molecule has 3 aromatic carbocycles. The summed E-state index contributed by atoms with van der Waals surface area (Å²) in [6.45, 7) is 0.820. The molecule has 0 bridgehead atoms. The van der Waals surface area contributed by atoms with Gasteiger partial charge in [-0.25, -0.2) is 4.98 Å². The van der Waals surface area contributed by atoms with Gasteiger partial charge in [0.25, 0.3) is 5.91 Å². The first-order valence-electron chi connectivity index (χ1n) is 9.54. The number of hydrogen-bond donors (Lipinski definition) is 0. The maximum Gasteiger partial charge on any atom is 0.261 e. The van der Waals surface area contributed by atoms with E-state index in [0.717, 1.165) is 46.4 Å². The van der Waals surface area contributed by atoms with Crippen molar-refractivity contribution in [1.29, 1.82) is 0 Å².